The Hall–Kier alpha value is -1.38. The molecule has 0 saturated heterocycles. The highest BCUT2D eigenvalue weighted by atomic mass is 16.5. The highest BCUT2D eigenvalue weighted by molar-refractivity contribution is 5.87. The van der Waals surface area contributed by atoms with Gasteiger partial charge in [0.2, 0.25) is 0 Å². The summed E-state index contributed by atoms with van der Waals surface area (Å²) in [6.45, 7) is 10.9. The number of Topliss-reactive ketones (excluding diaryl/α,β-unsaturated/α-hetero) is 1. The van der Waals surface area contributed by atoms with Crippen LogP contribution in [0.4, 0.5) is 0 Å². The molecule has 0 bridgehead atoms. The second kappa shape index (κ2) is 11.4. The third kappa shape index (κ3) is 7.88. The second-order valence-electron chi connectivity index (χ2n) is 8.48. The SMILES string of the molecule is CCCCCC=CC(=O)OCC(=O)C(C)CCC1C(C)=CCCC1(C)C. The van der Waals surface area contributed by atoms with Crippen molar-refractivity contribution >= 4 is 11.8 Å². The van der Waals surface area contributed by atoms with Gasteiger partial charge in [-0.3, -0.25) is 4.79 Å². The molecule has 2 unspecified atom stereocenters. The molecular weight excluding hydrogens is 324 g/mol. The van der Waals surface area contributed by atoms with Crippen molar-refractivity contribution in [2.45, 2.75) is 86.0 Å². The van der Waals surface area contributed by atoms with E-state index in [2.05, 4.69) is 33.8 Å². The van der Waals surface area contributed by atoms with Gasteiger partial charge in [0.05, 0.1) is 0 Å². The zero-order valence-electron chi connectivity index (χ0n) is 17.5. The van der Waals surface area contributed by atoms with Crippen LogP contribution in [0.15, 0.2) is 23.8 Å². The van der Waals surface area contributed by atoms with Gasteiger partial charge >= 0.3 is 5.97 Å². The average molecular weight is 363 g/mol. The Morgan fingerprint density at radius 1 is 1.35 bits per heavy atom. The maximum absolute atomic E-state index is 12.3. The molecule has 3 heteroatoms. The van der Waals surface area contributed by atoms with Crippen LogP contribution in [-0.4, -0.2) is 18.4 Å². The number of hydrogen-bond acceptors (Lipinski definition) is 3. The fourth-order valence-corrected chi connectivity index (χ4v) is 3.83. The molecule has 26 heavy (non-hydrogen) atoms. The van der Waals surface area contributed by atoms with Crippen molar-refractivity contribution in [3.8, 4) is 0 Å². The summed E-state index contributed by atoms with van der Waals surface area (Å²) in [7, 11) is 0. The standard InChI is InChI=1S/C23H38O3/c1-6-7-8-9-10-13-22(25)26-17-21(24)19(3)14-15-20-18(2)12-11-16-23(20,4)5/h10,12-13,19-20H,6-9,11,14-17H2,1-5H3. The number of hydrogen-bond donors (Lipinski definition) is 0. The van der Waals surface area contributed by atoms with Gasteiger partial charge in [-0.05, 0) is 56.8 Å². The van der Waals surface area contributed by atoms with E-state index in [1.807, 2.05) is 13.0 Å². The van der Waals surface area contributed by atoms with E-state index >= 15 is 0 Å². The molecule has 0 fully saturated rings. The molecule has 0 heterocycles. The summed E-state index contributed by atoms with van der Waals surface area (Å²) in [5, 5.41) is 0. The first-order chi connectivity index (χ1) is 12.3. The number of unbranched alkanes of at least 4 members (excludes halogenated alkanes) is 3. The van der Waals surface area contributed by atoms with Crippen molar-refractivity contribution in [2.75, 3.05) is 6.61 Å². The maximum atomic E-state index is 12.3. The van der Waals surface area contributed by atoms with Crippen LogP contribution in [0.1, 0.15) is 86.0 Å². The summed E-state index contributed by atoms with van der Waals surface area (Å²) in [6, 6.07) is 0. The molecule has 0 aromatic heterocycles. The molecule has 0 radical (unpaired) electrons. The Labute approximate surface area is 160 Å². The van der Waals surface area contributed by atoms with E-state index in [1.54, 1.807) is 0 Å². The second-order valence-corrected chi connectivity index (χ2v) is 8.48. The summed E-state index contributed by atoms with van der Waals surface area (Å²) in [6.07, 6.45) is 14.2. The average Bonchev–Trinajstić information content (AvgIpc) is 2.58. The molecule has 1 aliphatic rings. The lowest BCUT2D eigenvalue weighted by Gasteiger charge is -2.39. The van der Waals surface area contributed by atoms with Gasteiger partial charge in [0.1, 0.15) is 0 Å². The smallest absolute Gasteiger partial charge is 0.330 e. The van der Waals surface area contributed by atoms with Gasteiger partial charge < -0.3 is 4.74 Å². The topological polar surface area (TPSA) is 43.4 Å². The van der Waals surface area contributed by atoms with E-state index in [-0.39, 0.29) is 18.3 Å². The predicted molar refractivity (Wildman–Crippen MR) is 108 cm³/mol. The van der Waals surface area contributed by atoms with Crippen molar-refractivity contribution in [1.82, 2.24) is 0 Å². The van der Waals surface area contributed by atoms with Crippen LogP contribution in [0, 0.1) is 17.3 Å². The van der Waals surface area contributed by atoms with Crippen LogP contribution in [0.3, 0.4) is 0 Å². The Balaban J connectivity index is 2.33. The fraction of sp³-hybridized carbons (Fsp3) is 0.739. The van der Waals surface area contributed by atoms with E-state index in [1.165, 1.54) is 24.5 Å². The first-order valence-corrected chi connectivity index (χ1v) is 10.3. The largest absolute Gasteiger partial charge is 0.455 e. The predicted octanol–water partition coefficient (Wildman–Crippen LogP) is 6.03. The van der Waals surface area contributed by atoms with E-state index in [0.717, 1.165) is 38.5 Å². The molecular formula is C23H38O3. The highest BCUT2D eigenvalue weighted by Crippen LogP contribution is 2.43. The molecule has 0 aliphatic heterocycles. The van der Waals surface area contributed by atoms with Crippen molar-refractivity contribution < 1.29 is 14.3 Å². The summed E-state index contributed by atoms with van der Waals surface area (Å²) < 4.78 is 5.10. The lowest BCUT2D eigenvalue weighted by Crippen LogP contribution is -2.29. The summed E-state index contributed by atoms with van der Waals surface area (Å²) in [4.78, 5) is 23.9. The minimum absolute atomic E-state index is 0.0213. The summed E-state index contributed by atoms with van der Waals surface area (Å²) in [5.74, 6) is 0.0872. The van der Waals surface area contributed by atoms with Gasteiger partial charge in [-0.15, -0.1) is 0 Å². The zero-order chi connectivity index (χ0) is 19.6. The van der Waals surface area contributed by atoms with Gasteiger partial charge in [0.15, 0.2) is 12.4 Å². The number of allylic oxidation sites excluding steroid dienone is 3. The van der Waals surface area contributed by atoms with E-state index in [9.17, 15) is 9.59 Å². The Morgan fingerprint density at radius 2 is 2.08 bits per heavy atom. The fourth-order valence-electron chi connectivity index (χ4n) is 3.83. The van der Waals surface area contributed by atoms with Gasteiger partial charge in [-0.1, -0.05) is 58.3 Å². The van der Waals surface area contributed by atoms with Gasteiger partial charge in [-0.2, -0.15) is 0 Å². The van der Waals surface area contributed by atoms with Crippen LogP contribution in [-0.2, 0) is 14.3 Å². The monoisotopic (exact) mass is 362 g/mol. The molecule has 0 aromatic rings. The molecule has 0 saturated carbocycles. The maximum Gasteiger partial charge on any atom is 0.330 e. The number of carbonyl (C=O) groups excluding carboxylic acids is 2. The van der Waals surface area contributed by atoms with Crippen molar-refractivity contribution in [3.05, 3.63) is 23.8 Å². The molecule has 1 rings (SSSR count). The molecule has 3 nitrogen and oxygen atoms in total. The minimum atomic E-state index is -0.408. The molecule has 1 aliphatic carbocycles. The number of carbonyl (C=O) groups is 2. The van der Waals surface area contributed by atoms with Crippen LogP contribution in [0.5, 0.6) is 0 Å². The van der Waals surface area contributed by atoms with Crippen molar-refractivity contribution in [1.29, 1.82) is 0 Å². The zero-order valence-corrected chi connectivity index (χ0v) is 17.5. The summed E-state index contributed by atoms with van der Waals surface area (Å²) >= 11 is 0. The van der Waals surface area contributed by atoms with Crippen molar-refractivity contribution in [2.24, 2.45) is 17.3 Å². The van der Waals surface area contributed by atoms with Crippen LogP contribution < -0.4 is 0 Å². The third-order valence-corrected chi connectivity index (χ3v) is 5.77. The summed E-state index contributed by atoms with van der Waals surface area (Å²) in [5.41, 5.74) is 1.76. The number of rotatable bonds is 11. The number of ketones is 1. The Kier molecular flexibility index (Phi) is 9.90. The minimum Gasteiger partial charge on any atom is -0.455 e. The third-order valence-electron chi connectivity index (χ3n) is 5.77. The van der Waals surface area contributed by atoms with Gasteiger partial charge in [0.25, 0.3) is 0 Å². The number of esters is 1. The van der Waals surface area contributed by atoms with E-state index < -0.39 is 5.97 Å². The quantitative estimate of drug-likeness (QED) is 0.195. The molecule has 0 amide bonds. The first kappa shape index (κ1) is 22.7. The Morgan fingerprint density at radius 3 is 2.73 bits per heavy atom. The molecule has 0 N–H and O–H groups in total. The first-order valence-electron chi connectivity index (χ1n) is 10.3. The molecule has 0 spiro atoms. The molecule has 2 atom stereocenters. The van der Waals surface area contributed by atoms with Gasteiger partial charge in [-0.25, -0.2) is 4.79 Å². The normalized spacial score (nSPS) is 20.7. The van der Waals surface area contributed by atoms with E-state index in [0.29, 0.717) is 11.3 Å². The molecule has 148 valence electrons. The van der Waals surface area contributed by atoms with Crippen LogP contribution in [0.2, 0.25) is 0 Å². The lowest BCUT2D eigenvalue weighted by molar-refractivity contribution is -0.144. The van der Waals surface area contributed by atoms with Crippen LogP contribution in [0.25, 0.3) is 0 Å². The molecule has 0 aromatic carbocycles. The lowest BCUT2D eigenvalue weighted by atomic mass is 9.66. The van der Waals surface area contributed by atoms with Crippen molar-refractivity contribution in [3.63, 3.8) is 0 Å². The highest BCUT2D eigenvalue weighted by Gasteiger charge is 2.33. The van der Waals surface area contributed by atoms with Gasteiger partial charge in [0, 0.05) is 12.0 Å². The van der Waals surface area contributed by atoms with E-state index in [4.69, 9.17) is 4.74 Å². The number of ether oxygens (including phenoxy) is 1. The van der Waals surface area contributed by atoms with Crippen LogP contribution >= 0.6 is 0 Å². The Bertz CT molecular complexity index is 514.